The second kappa shape index (κ2) is 7.00. The van der Waals surface area contributed by atoms with Crippen molar-refractivity contribution in [3.63, 3.8) is 0 Å². The summed E-state index contributed by atoms with van der Waals surface area (Å²) in [6.45, 7) is 0. The van der Waals surface area contributed by atoms with Crippen molar-refractivity contribution in [1.82, 2.24) is 4.98 Å². The molecule has 0 saturated carbocycles. The first-order valence-electron chi connectivity index (χ1n) is 7.46. The first-order valence-corrected chi connectivity index (χ1v) is 9.86. The van der Waals surface area contributed by atoms with Crippen molar-refractivity contribution in [3.8, 4) is 0 Å². The Kier molecular flexibility index (Phi) is 5.08. The second-order valence-electron chi connectivity index (χ2n) is 5.59. The minimum Gasteiger partial charge on any atom is -0.320 e. The van der Waals surface area contributed by atoms with Crippen molar-refractivity contribution in [2.45, 2.75) is 5.66 Å². The summed E-state index contributed by atoms with van der Waals surface area (Å²) in [5, 5.41) is 0.569. The molecule has 2 aromatic carbocycles. The molecule has 0 radical (unpaired) electrons. The Bertz CT molecular complexity index is 1040. The van der Waals surface area contributed by atoms with Crippen molar-refractivity contribution < 1.29 is 23.1 Å². The maximum Gasteiger partial charge on any atom is 0.399 e. The quantitative estimate of drug-likeness (QED) is 0.534. The number of rotatable bonds is 4. The van der Waals surface area contributed by atoms with Crippen LogP contribution < -0.4 is 0 Å². The zero-order chi connectivity index (χ0) is 18.9. The summed E-state index contributed by atoms with van der Waals surface area (Å²) in [7, 11) is -5.67. The van der Waals surface area contributed by atoms with Gasteiger partial charge in [0.1, 0.15) is 0 Å². The molecule has 8 heteroatoms. The number of pyridine rings is 1. The van der Waals surface area contributed by atoms with Gasteiger partial charge < -0.3 is 9.79 Å². The third-order valence-electron chi connectivity index (χ3n) is 3.74. The predicted octanol–water partition coefficient (Wildman–Crippen LogP) is 5.39. The lowest BCUT2D eigenvalue weighted by molar-refractivity contribution is 0.0558. The zero-order valence-electron chi connectivity index (χ0n) is 13.2. The molecular weight excluding hydrogens is 427 g/mol. The van der Waals surface area contributed by atoms with Crippen LogP contribution in [0.5, 0.6) is 0 Å². The zero-order valence-corrected chi connectivity index (χ0v) is 15.7. The van der Waals surface area contributed by atoms with Crippen LogP contribution in [0.4, 0.5) is 8.78 Å². The van der Waals surface area contributed by atoms with E-state index in [0.717, 1.165) is 11.6 Å². The van der Waals surface area contributed by atoms with Gasteiger partial charge in [-0.15, -0.1) is 0 Å². The van der Waals surface area contributed by atoms with Crippen LogP contribution in [0.1, 0.15) is 16.8 Å². The molecule has 0 atom stereocenters. The third kappa shape index (κ3) is 3.76. The molecule has 134 valence electrons. The van der Waals surface area contributed by atoms with Crippen LogP contribution in [0.25, 0.3) is 23.1 Å². The van der Waals surface area contributed by atoms with Gasteiger partial charge in [0.2, 0.25) is 0 Å². The summed E-state index contributed by atoms with van der Waals surface area (Å²) < 4.78 is 39.2. The summed E-state index contributed by atoms with van der Waals surface area (Å²) in [6.07, 6.45) is 3.57. The molecule has 4 nitrogen and oxygen atoms in total. The molecule has 1 aromatic heterocycles. The molecule has 0 saturated heterocycles. The predicted molar refractivity (Wildman–Crippen MR) is 101 cm³/mol. The Morgan fingerprint density at radius 2 is 1.73 bits per heavy atom. The van der Waals surface area contributed by atoms with Crippen molar-refractivity contribution in [1.29, 1.82) is 0 Å². The summed E-state index contributed by atoms with van der Waals surface area (Å²) in [5.74, 6) is 0. The van der Waals surface area contributed by atoms with E-state index in [0.29, 0.717) is 11.1 Å². The molecule has 0 aliphatic rings. The van der Waals surface area contributed by atoms with E-state index < -0.39 is 18.8 Å². The molecule has 0 bridgehead atoms. The van der Waals surface area contributed by atoms with E-state index in [4.69, 9.17) is 9.79 Å². The fraction of sp³-hybridized carbons (Fsp3) is 0.0556. The second-order valence-corrected chi connectivity index (χ2v) is 8.09. The molecule has 0 fully saturated rings. The number of hydrogen-bond acceptors (Lipinski definition) is 2. The Hall–Kier alpha value is -1.92. The Morgan fingerprint density at radius 3 is 2.38 bits per heavy atom. The highest BCUT2D eigenvalue weighted by molar-refractivity contribution is 9.10. The van der Waals surface area contributed by atoms with Crippen LogP contribution in [-0.4, -0.2) is 14.8 Å². The van der Waals surface area contributed by atoms with Crippen molar-refractivity contribution in [3.05, 3.63) is 75.9 Å². The molecule has 2 N–H and O–H groups in total. The summed E-state index contributed by atoms with van der Waals surface area (Å²) in [4.78, 5) is 22.2. The van der Waals surface area contributed by atoms with Crippen LogP contribution in [0.3, 0.4) is 0 Å². The van der Waals surface area contributed by atoms with Crippen molar-refractivity contribution >= 4 is 46.6 Å². The lowest BCUT2D eigenvalue weighted by atomic mass is 10.1. The lowest BCUT2D eigenvalue weighted by Gasteiger charge is -2.19. The van der Waals surface area contributed by atoms with Gasteiger partial charge in [0.15, 0.2) is 0 Å². The van der Waals surface area contributed by atoms with E-state index in [2.05, 4.69) is 20.9 Å². The van der Waals surface area contributed by atoms with E-state index in [1.165, 1.54) is 6.07 Å². The monoisotopic (exact) mass is 439 g/mol. The Balaban J connectivity index is 2.05. The molecule has 3 rings (SSSR count). The van der Waals surface area contributed by atoms with E-state index >= 15 is 0 Å². The van der Waals surface area contributed by atoms with E-state index in [1.54, 1.807) is 18.2 Å². The standard InChI is InChI=1S/C18H13BrF2NO3P/c19-16-10-13-7-9-14(8-6-12-4-2-1-3-5-12)22-17(13)11-15(16)18(20,21)26(23,24)25/h1-11H,(H2,23,24,25). The smallest absolute Gasteiger partial charge is 0.320 e. The highest BCUT2D eigenvalue weighted by Crippen LogP contribution is 2.60. The molecule has 0 aliphatic heterocycles. The minimum absolute atomic E-state index is 0.0901. The molecule has 1 heterocycles. The van der Waals surface area contributed by atoms with Crippen molar-refractivity contribution in [2.75, 3.05) is 0 Å². The van der Waals surface area contributed by atoms with E-state index in [1.807, 2.05) is 36.4 Å². The molecule has 0 spiro atoms. The van der Waals surface area contributed by atoms with E-state index in [9.17, 15) is 13.3 Å². The number of aromatic nitrogens is 1. The van der Waals surface area contributed by atoms with Crippen LogP contribution in [0, 0.1) is 0 Å². The number of nitrogens with zero attached hydrogens (tertiary/aromatic N) is 1. The van der Waals surface area contributed by atoms with Gasteiger partial charge in [0.25, 0.3) is 0 Å². The van der Waals surface area contributed by atoms with Crippen LogP contribution in [0.15, 0.2) is 59.1 Å². The van der Waals surface area contributed by atoms with Gasteiger partial charge >= 0.3 is 13.3 Å². The van der Waals surface area contributed by atoms with Gasteiger partial charge in [-0.1, -0.05) is 58.4 Å². The fourth-order valence-corrected chi connectivity index (χ4v) is 3.65. The Morgan fingerprint density at radius 1 is 1.04 bits per heavy atom. The summed E-state index contributed by atoms with van der Waals surface area (Å²) >= 11 is 2.96. The normalized spacial score (nSPS) is 12.8. The largest absolute Gasteiger partial charge is 0.399 e. The van der Waals surface area contributed by atoms with Crippen LogP contribution >= 0.6 is 23.5 Å². The first kappa shape index (κ1) is 18.9. The van der Waals surface area contributed by atoms with Gasteiger partial charge in [-0.3, -0.25) is 4.57 Å². The van der Waals surface area contributed by atoms with Crippen molar-refractivity contribution in [2.24, 2.45) is 0 Å². The third-order valence-corrected chi connectivity index (χ3v) is 5.36. The van der Waals surface area contributed by atoms with E-state index in [-0.39, 0.29) is 9.99 Å². The molecular formula is C18H13BrF2NO3P. The number of alkyl halides is 2. The fourth-order valence-electron chi connectivity index (χ4n) is 2.39. The Labute approximate surface area is 156 Å². The maximum absolute atomic E-state index is 14.1. The van der Waals surface area contributed by atoms with Crippen LogP contribution in [0.2, 0.25) is 0 Å². The van der Waals surface area contributed by atoms with Gasteiger partial charge in [-0.05, 0) is 29.8 Å². The molecule has 0 unspecified atom stereocenters. The average Bonchev–Trinajstić information content (AvgIpc) is 2.59. The SMILES string of the molecule is O=P(O)(O)C(F)(F)c1cc2nc(C=Cc3ccccc3)ccc2cc1Br. The highest BCUT2D eigenvalue weighted by Gasteiger charge is 2.51. The minimum atomic E-state index is -5.67. The average molecular weight is 440 g/mol. The van der Waals surface area contributed by atoms with Gasteiger partial charge in [-0.25, -0.2) is 4.98 Å². The number of hydrogen-bond donors (Lipinski definition) is 2. The molecule has 0 aliphatic carbocycles. The number of fused-ring (bicyclic) bond motifs is 1. The molecule has 26 heavy (non-hydrogen) atoms. The van der Waals surface area contributed by atoms with Crippen LogP contribution in [-0.2, 0) is 10.2 Å². The number of benzene rings is 2. The molecule has 3 aromatic rings. The van der Waals surface area contributed by atoms with Gasteiger partial charge in [-0.2, -0.15) is 8.78 Å². The number of halogens is 3. The maximum atomic E-state index is 14.1. The topological polar surface area (TPSA) is 70.4 Å². The van der Waals surface area contributed by atoms with Gasteiger partial charge in [0.05, 0.1) is 11.2 Å². The summed E-state index contributed by atoms with van der Waals surface area (Å²) in [5.41, 5.74) is -3.40. The lowest BCUT2D eigenvalue weighted by Crippen LogP contribution is -2.14. The molecule has 0 amide bonds. The van der Waals surface area contributed by atoms with Gasteiger partial charge in [0, 0.05) is 15.4 Å². The first-order chi connectivity index (χ1) is 12.2. The highest BCUT2D eigenvalue weighted by atomic mass is 79.9. The summed E-state index contributed by atoms with van der Waals surface area (Å²) in [6, 6.07) is 15.3.